The molecule has 1 N–H and O–H groups in total. The van der Waals surface area contributed by atoms with Crippen LogP contribution in [0.1, 0.15) is 29.8 Å². The van der Waals surface area contributed by atoms with Crippen LogP contribution in [-0.2, 0) is 6.54 Å². The minimum Gasteiger partial charge on any atom is -0.361 e. The van der Waals surface area contributed by atoms with Gasteiger partial charge < -0.3 is 9.88 Å². The lowest BCUT2D eigenvalue weighted by Gasteiger charge is -2.46. The first kappa shape index (κ1) is 17.7. The number of H-pyrrole nitrogens is 1. The van der Waals surface area contributed by atoms with E-state index in [2.05, 4.69) is 34.8 Å². The van der Waals surface area contributed by atoms with E-state index in [0.717, 1.165) is 42.6 Å². The zero-order valence-electron chi connectivity index (χ0n) is 15.9. The number of nitrogens with zero attached hydrogens (tertiary/aromatic N) is 3. The summed E-state index contributed by atoms with van der Waals surface area (Å²) in [7, 11) is 0. The minimum atomic E-state index is 0.119. The lowest BCUT2D eigenvalue weighted by molar-refractivity contribution is 0.0197. The highest BCUT2D eigenvalue weighted by molar-refractivity contribution is 5.98. The van der Waals surface area contributed by atoms with E-state index in [-0.39, 0.29) is 5.91 Å². The molecule has 1 aliphatic heterocycles. The summed E-state index contributed by atoms with van der Waals surface area (Å²) in [5.41, 5.74) is 2.99. The highest BCUT2D eigenvalue weighted by Gasteiger charge is 2.35. The van der Waals surface area contributed by atoms with Crippen LogP contribution in [0.2, 0.25) is 0 Å². The van der Waals surface area contributed by atoms with Crippen LogP contribution in [-0.4, -0.2) is 51.4 Å². The number of hydrogen-bond donors (Lipinski definition) is 1. The van der Waals surface area contributed by atoms with Gasteiger partial charge >= 0.3 is 0 Å². The van der Waals surface area contributed by atoms with E-state index >= 15 is 0 Å². The number of pyridine rings is 1. The van der Waals surface area contributed by atoms with Gasteiger partial charge in [0.05, 0.1) is 0 Å². The Morgan fingerprint density at radius 1 is 1.30 bits per heavy atom. The van der Waals surface area contributed by atoms with E-state index in [1.54, 1.807) is 6.20 Å². The number of carbonyl (C=O) groups excluding carboxylic acids is 1. The maximum Gasteiger partial charge on any atom is 0.254 e. The molecule has 1 amide bonds. The molecule has 5 nitrogen and oxygen atoms in total. The average Bonchev–Trinajstić information content (AvgIpc) is 3.08. The fourth-order valence-corrected chi connectivity index (χ4v) is 3.75. The predicted octanol–water partition coefficient (Wildman–Crippen LogP) is 3.55. The molecule has 1 aliphatic rings. The molecule has 0 atom stereocenters. The van der Waals surface area contributed by atoms with Crippen LogP contribution in [0.5, 0.6) is 0 Å². The number of aromatic nitrogens is 2. The molecule has 0 radical (unpaired) electrons. The van der Waals surface area contributed by atoms with Gasteiger partial charge in [0.15, 0.2) is 0 Å². The van der Waals surface area contributed by atoms with Crippen LogP contribution in [0, 0.1) is 5.92 Å². The number of benzene rings is 1. The summed E-state index contributed by atoms with van der Waals surface area (Å²) in [6, 6.07) is 12.4. The van der Waals surface area contributed by atoms with Gasteiger partial charge in [-0.3, -0.25) is 14.7 Å². The topological polar surface area (TPSA) is 52.2 Å². The van der Waals surface area contributed by atoms with Gasteiger partial charge in [-0.2, -0.15) is 0 Å². The zero-order valence-corrected chi connectivity index (χ0v) is 15.9. The fraction of sp³-hybridized carbons (Fsp3) is 0.364. The highest BCUT2D eigenvalue weighted by atomic mass is 16.2. The highest BCUT2D eigenvalue weighted by Crippen LogP contribution is 2.22. The maximum atomic E-state index is 12.8. The molecule has 0 spiro atoms. The van der Waals surface area contributed by atoms with Crippen molar-refractivity contribution in [3.05, 3.63) is 66.1 Å². The van der Waals surface area contributed by atoms with Gasteiger partial charge in [0, 0.05) is 61.9 Å². The van der Waals surface area contributed by atoms with Gasteiger partial charge in [-0.25, -0.2) is 0 Å². The Morgan fingerprint density at radius 2 is 2.15 bits per heavy atom. The van der Waals surface area contributed by atoms with Gasteiger partial charge in [0.25, 0.3) is 5.91 Å². The third kappa shape index (κ3) is 3.88. The van der Waals surface area contributed by atoms with Crippen LogP contribution in [0.15, 0.2) is 55.0 Å². The molecule has 140 valence electrons. The van der Waals surface area contributed by atoms with Crippen molar-refractivity contribution in [3.8, 4) is 0 Å². The van der Waals surface area contributed by atoms with Gasteiger partial charge in [-0.15, -0.1) is 0 Å². The zero-order chi connectivity index (χ0) is 18.8. The first-order chi connectivity index (χ1) is 13.1. The van der Waals surface area contributed by atoms with E-state index in [4.69, 9.17) is 0 Å². The molecule has 0 saturated carbocycles. The Bertz CT molecular complexity index is 912. The third-order valence-electron chi connectivity index (χ3n) is 5.18. The number of aromatic amines is 1. The van der Waals surface area contributed by atoms with Gasteiger partial charge in [0.1, 0.15) is 0 Å². The first-order valence-electron chi connectivity index (χ1n) is 9.59. The summed E-state index contributed by atoms with van der Waals surface area (Å²) in [6.45, 7) is 7.96. The molecule has 0 aliphatic carbocycles. The maximum absolute atomic E-state index is 12.8. The summed E-state index contributed by atoms with van der Waals surface area (Å²) in [6.07, 6.45) is 5.64. The van der Waals surface area contributed by atoms with Crippen LogP contribution in [0.3, 0.4) is 0 Å². The summed E-state index contributed by atoms with van der Waals surface area (Å²) in [4.78, 5) is 24.7. The second kappa shape index (κ2) is 7.53. The largest absolute Gasteiger partial charge is 0.361 e. The SMILES string of the molecule is CC(C)CN(Cc1cccnc1)C1CN(C(=O)c2ccc3cc[nH]c3c2)C1. The summed E-state index contributed by atoms with van der Waals surface area (Å²) in [5.74, 6) is 0.704. The van der Waals surface area contributed by atoms with Crippen molar-refractivity contribution in [3.63, 3.8) is 0 Å². The molecule has 1 saturated heterocycles. The van der Waals surface area contributed by atoms with Crippen molar-refractivity contribution in [2.24, 2.45) is 5.92 Å². The number of amides is 1. The molecule has 27 heavy (non-hydrogen) atoms. The molecule has 3 aromatic rings. The standard InChI is InChI=1S/C22H26N4O/c1-16(2)12-25(13-17-4-3-8-23-11-17)20-14-26(15-20)22(27)19-6-5-18-7-9-24-21(18)10-19/h3-11,16,20,24H,12-15H2,1-2H3. The molecule has 2 aromatic heterocycles. The number of carbonyl (C=O) groups is 1. The van der Waals surface area contributed by atoms with Gasteiger partial charge in [-0.05, 0) is 41.1 Å². The normalized spacial score (nSPS) is 14.9. The molecule has 0 bridgehead atoms. The number of likely N-dealkylation sites (tertiary alicyclic amines) is 1. The Labute approximate surface area is 160 Å². The van der Waals surface area contributed by atoms with E-state index < -0.39 is 0 Å². The molecular weight excluding hydrogens is 336 g/mol. The van der Waals surface area contributed by atoms with Crippen molar-refractivity contribution in [2.75, 3.05) is 19.6 Å². The van der Waals surface area contributed by atoms with E-state index in [9.17, 15) is 4.79 Å². The van der Waals surface area contributed by atoms with Crippen LogP contribution >= 0.6 is 0 Å². The molecule has 1 fully saturated rings. The smallest absolute Gasteiger partial charge is 0.254 e. The van der Waals surface area contributed by atoms with Crippen LogP contribution in [0.4, 0.5) is 0 Å². The molecule has 3 heterocycles. The summed E-state index contributed by atoms with van der Waals surface area (Å²) < 4.78 is 0. The molecule has 1 aromatic carbocycles. The van der Waals surface area contributed by atoms with Crippen molar-refractivity contribution in [1.82, 2.24) is 19.8 Å². The van der Waals surface area contributed by atoms with E-state index in [1.165, 1.54) is 5.56 Å². The summed E-state index contributed by atoms with van der Waals surface area (Å²) in [5, 5.41) is 1.13. The Morgan fingerprint density at radius 3 is 2.89 bits per heavy atom. The quantitative estimate of drug-likeness (QED) is 0.730. The number of hydrogen-bond acceptors (Lipinski definition) is 3. The van der Waals surface area contributed by atoms with Gasteiger partial charge in [-0.1, -0.05) is 26.0 Å². The first-order valence-corrected chi connectivity index (χ1v) is 9.59. The second-order valence-electron chi connectivity index (χ2n) is 7.83. The molecule has 4 rings (SSSR count). The van der Waals surface area contributed by atoms with Crippen molar-refractivity contribution < 1.29 is 4.79 Å². The van der Waals surface area contributed by atoms with E-state index in [1.807, 2.05) is 47.6 Å². The third-order valence-corrected chi connectivity index (χ3v) is 5.18. The summed E-state index contributed by atoms with van der Waals surface area (Å²) >= 11 is 0. The Balaban J connectivity index is 1.41. The predicted molar refractivity (Wildman–Crippen MR) is 107 cm³/mol. The van der Waals surface area contributed by atoms with E-state index in [0.29, 0.717) is 12.0 Å². The molecule has 5 heteroatoms. The van der Waals surface area contributed by atoms with Crippen molar-refractivity contribution >= 4 is 16.8 Å². The molecule has 0 unspecified atom stereocenters. The second-order valence-corrected chi connectivity index (χ2v) is 7.83. The lowest BCUT2D eigenvalue weighted by atomic mass is 10.0. The molecular formula is C22H26N4O. The van der Waals surface area contributed by atoms with Gasteiger partial charge in [0.2, 0.25) is 0 Å². The number of rotatable bonds is 6. The lowest BCUT2D eigenvalue weighted by Crippen LogP contribution is -2.61. The fourth-order valence-electron chi connectivity index (χ4n) is 3.75. The minimum absolute atomic E-state index is 0.119. The Hall–Kier alpha value is -2.66. The number of nitrogens with one attached hydrogen (secondary N) is 1. The average molecular weight is 362 g/mol. The Kier molecular flexibility index (Phi) is 4.94. The van der Waals surface area contributed by atoms with Crippen LogP contribution < -0.4 is 0 Å². The van der Waals surface area contributed by atoms with Crippen molar-refractivity contribution in [1.29, 1.82) is 0 Å². The van der Waals surface area contributed by atoms with Crippen molar-refractivity contribution in [2.45, 2.75) is 26.4 Å². The van der Waals surface area contributed by atoms with Crippen LogP contribution in [0.25, 0.3) is 10.9 Å². The number of fused-ring (bicyclic) bond motifs is 1. The monoisotopic (exact) mass is 362 g/mol.